The first kappa shape index (κ1) is 12.1. The van der Waals surface area contributed by atoms with Gasteiger partial charge in [0.25, 0.3) is 5.22 Å². The highest BCUT2D eigenvalue weighted by molar-refractivity contribution is 7.85. The predicted molar refractivity (Wildman–Crippen MR) is 66.2 cm³/mol. The number of nitrogen functional groups attached to an aromatic ring is 1. The Morgan fingerprint density at radius 3 is 3.06 bits per heavy atom. The second kappa shape index (κ2) is 4.85. The molecule has 92 valence electrons. The maximum Gasteiger partial charge on any atom is 0.288 e. The van der Waals surface area contributed by atoms with Crippen molar-refractivity contribution in [1.29, 1.82) is 0 Å². The van der Waals surface area contributed by atoms with Gasteiger partial charge in [-0.1, -0.05) is 0 Å². The maximum atomic E-state index is 12.0. The van der Waals surface area contributed by atoms with E-state index in [0.717, 1.165) is 0 Å². The third kappa shape index (κ3) is 2.48. The van der Waals surface area contributed by atoms with Gasteiger partial charge in [-0.2, -0.15) is 0 Å². The van der Waals surface area contributed by atoms with Gasteiger partial charge in [-0.15, -0.1) is 0 Å². The van der Waals surface area contributed by atoms with E-state index >= 15 is 0 Å². The number of nitrogens with two attached hydrogens (primary N) is 1. The number of rotatable bonds is 4. The smallest absolute Gasteiger partial charge is 0.288 e. The molecule has 0 aliphatic rings. The molecule has 2 N–H and O–H groups in total. The molecule has 1 aromatic carbocycles. The van der Waals surface area contributed by atoms with Crippen molar-refractivity contribution in [2.24, 2.45) is 0 Å². The third-order valence-electron chi connectivity index (χ3n) is 2.33. The molecule has 2 atom stereocenters. The molecule has 5 nitrogen and oxygen atoms in total. The van der Waals surface area contributed by atoms with E-state index in [2.05, 4.69) is 4.98 Å². The molecule has 0 aliphatic heterocycles. The van der Waals surface area contributed by atoms with E-state index in [1.54, 1.807) is 25.3 Å². The normalized spacial score (nSPS) is 14.9. The zero-order valence-corrected chi connectivity index (χ0v) is 10.5. The van der Waals surface area contributed by atoms with Gasteiger partial charge in [-0.05, 0) is 19.1 Å². The average molecular weight is 254 g/mol. The second-order valence-electron chi connectivity index (χ2n) is 3.77. The third-order valence-corrected chi connectivity index (χ3v) is 3.72. The zero-order chi connectivity index (χ0) is 12.4. The summed E-state index contributed by atoms with van der Waals surface area (Å²) in [5, 5.41) is 0.0561. The van der Waals surface area contributed by atoms with E-state index in [1.165, 1.54) is 0 Å². The van der Waals surface area contributed by atoms with Crippen molar-refractivity contribution in [3.05, 3.63) is 18.2 Å². The molecule has 2 aromatic rings. The lowest BCUT2D eigenvalue weighted by Gasteiger charge is -2.05. The molecule has 1 aromatic heterocycles. The van der Waals surface area contributed by atoms with E-state index in [-0.39, 0.29) is 10.5 Å². The van der Waals surface area contributed by atoms with Gasteiger partial charge < -0.3 is 14.9 Å². The van der Waals surface area contributed by atoms with Gasteiger partial charge in [0, 0.05) is 18.9 Å². The van der Waals surface area contributed by atoms with Crippen LogP contribution in [0.4, 0.5) is 5.69 Å². The molecule has 1 heterocycles. The summed E-state index contributed by atoms with van der Waals surface area (Å²) in [6.07, 6.45) is 0. The van der Waals surface area contributed by atoms with Crippen LogP contribution in [0.5, 0.6) is 0 Å². The maximum absolute atomic E-state index is 12.0. The minimum atomic E-state index is -1.31. The predicted octanol–water partition coefficient (Wildman–Crippen LogP) is 1.55. The molecule has 6 heteroatoms. The quantitative estimate of drug-likeness (QED) is 0.837. The number of fused-ring (bicyclic) bond motifs is 1. The van der Waals surface area contributed by atoms with Gasteiger partial charge in [0.1, 0.15) is 16.3 Å². The van der Waals surface area contributed by atoms with Crippen LogP contribution in [0.1, 0.15) is 6.92 Å². The lowest BCUT2D eigenvalue weighted by Crippen LogP contribution is -2.17. The number of aromatic nitrogens is 1. The van der Waals surface area contributed by atoms with Crippen LogP contribution < -0.4 is 5.73 Å². The van der Waals surface area contributed by atoms with Gasteiger partial charge in [-0.3, -0.25) is 0 Å². The van der Waals surface area contributed by atoms with Crippen molar-refractivity contribution < 1.29 is 13.4 Å². The van der Waals surface area contributed by atoms with Crippen molar-refractivity contribution in [2.75, 3.05) is 19.5 Å². The van der Waals surface area contributed by atoms with E-state index in [1.807, 2.05) is 6.92 Å². The summed E-state index contributed by atoms with van der Waals surface area (Å²) in [6.45, 7) is 2.22. The monoisotopic (exact) mass is 254 g/mol. The molecule has 2 unspecified atom stereocenters. The van der Waals surface area contributed by atoms with Crippen LogP contribution >= 0.6 is 0 Å². The summed E-state index contributed by atoms with van der Waals surface area (Å²) in [7, 11) is 0.259. The van der Waals surface area contributed by atoms with Crippen molar-refractivity contribution >= 4 is 27.6 Å². The second-order valence-corrected chi connectivity index (χ2v) is 5.52. The molecular weight excluding hydrogens is 240 g/mol. The van der Waals surface area contributed by atoms with Crippen LogP contribution in [0.2, 0.25) is 0 Å². The Bertz CT molecular complexity index is 553. The Morgan fingerprint density at radius 1 is 1.59 bits per heavy atom. The summed E-state index contributed by atoms with van der Waals surface area (Å²) in [5.74, 6) is 0. The fraction of sp³-hybridized carbons (Fsp3) is 0.364. The van der Waals surface area contributed by atoms with Crippen LogP contribution in [-0.2, 0) is 15.5 Å². The van der Waals surface area contributed by atoms with Gasteiger partial charge in [0.15, 0.2) is 5.58 Å². The van der Waals surface area contributed by atoms with Crippen LogP contribution in [0, 0.1) is 0 Å². The topological polar surface area (TPSA) is 78.3 Å². The summed E-state index contributed by atoms with van der Waals surface area (Å²) >= 11 is 0. The van der Waals surface area contributed by atoms with E-state index in [9.17, 15) is 4.21 Å². The number of hydrogen-bond acceptors (Lipinski definition) is 5. The van der Waals surface area contributed by atoms with Crippen LogP contribution in [0.15, 0.2) is 27.8 Å². The van der Waals surface area contributed by atoms with Crippen molar-refractivity contribution in [1.82, 2.24) is 4.98 Å². The first-order chi connectivity index (χ1) is 8.11. The fourth-order valence-electron chi connectivity index (χ4n) is 1.47. The first-order valence-corrected chi connectivity index (χ1v) is 6.38. The summed E-state index contributed by atoms with van der Waals surface area (Å²) in [6, 6.07) is 5.15. The highest BCUT2D eigenvalue weighted by Gasteiger charge is 2.19. The lowest BCUT2D eigenvalue weighted by atomic mass is 10.3. The van der Waals surface area contributed by atoms with Crippen molar-refractivity contribution in [3.63, 3.8) is 0 Å². The van der Waals surface area contributed by atoms with Crippen molar-refractivity contribution in [3.8, 4) is 0 Å². The van der Waals surface area contributed by atoms with Crippen LogP contribution in [0.25, 0.3) is 11.1 Å². The van der Waals surface area contributed by atoms with Gasteiger partial charge in [0.05, 0.1) is 11.9 Å². The molecule has 0 saturated carbocycles. The Hall–Kier alpha value is -1.40. The Labute approximate surface area is 101 Å². The number of ether oxygens (including phenoxy) is 1. The Kier molecular flexibility index (Phi) is 3.44. The number of anilines is 1. The van der Waals surface area contributed by atoms with Gasteiger partial charge >= 0.3 is 0 Å². The molecule has 0 bridgehead atoms. The molecule has 0 fully saturated rings. The fourth-order valence-corrected chi connectivity index (χ4v) is 2.44. The molecule has 2 rings (SSSR count). The molecule has 0 amide bonds. The summed E-state index contributed by atoms with van der Waals surface area (Å²) in [5.41, 5.74) is 7.44. The van der Waals surface area contributed by atoms with Crippen LogP contribution in [-0.4, -0.2) is 28.2 Å². The molecule has 17 heavy (non-hydrogen) atoms. The Morgan fingerprint density at radius 2 is 2.35 bits per heavy atom. The van der Waals surface area contributed by atoms with Crippen molar-refractivity contribution in [2.45, 2.75) is 17.4 Å². The highest BCUT2D eigenvalue weighted by Crippen LogP contribution is 2.21. The standard InChI is InChI=1S/C11H14N2O3S/c1-7(6-15-2)17(14)11-13-9-4-3-8(12)5-10(9)16-11/h3-5,7H,6,12H2,1-2H3. The summed E-state index contributed by atoms with van der Waals surface area (Å²) < 4.78 is 22.4. The van der Waals surface area contributed by atoms with E-state index in [0.29, 0.717) is 23.4 Å². The molecular formula is C11H14N2O3S. The lowest BCUT2D eigenvalue weighted by molar-refractivity contribution is 0.201. The SMILES string of the molecule is COCC(C)S(=O)c1nc2ccc(N)cc2o1. The largest absolute Gasteiger partial charge is 0.430 e. The number of methoxy groups -OCH3 is 1. The Balaban J connectivity index is 2.33. The molecule has 0 spiro atoms. The first-order valence-electron chi connectivity index (χ1n) is 5.17. The number of nitrogens with zero attached hydrogens (tertiary/aromatic N) is 1. The summed E-state index contributed by atoms with van der Waals surface area (Å²) in [4.78, 5) is 4.18. The van der Waals surface area contributed by atoms with Gasteiger partial charge in [0.2, 0.25) is 0 Å². The van der Waals surface area contributed by atoms with Gasteiger partial charge in [-0.25, -0.2) is 9.19 Å². The number of benzene rings is 1. The minimum Gasteiger partial charge on any atom is -0.430 e. The average Bonchev–Trinajstić information content (AvgIpc) is 2.71. The molecule has 0 aliphatic carbocycles. The number of hydrogen-bond donors (Lipinski definition) is 1. The molecule has 0 saturated heterocycles. The minimum absolute atomic E-state index is 0.162. The molecule has 0 radical (unpaired) electrons. The van der Waals surface area contributed by atoms with Crippen LogP contribution in [0.3, 0.4) is 0 Å². The van der Waals surface area contributed by atoms with E-state index in [4.69, 9.17) is 14.9 Å². The zero-order valence-electron chi connectivity index (χ0n) is 9.67. The number of oxazole rings is 1. The van der Waals surface area contributed by atoms with E-state index < -0.39 is 10.8 Å². The highest BCUT2D eigenvalue weighted by atomic mass is 32.2.